The summed E-state index contributed by atoms with van der Waals surface area (Å²) in [5.41, 5.74) is 1.06. The van der Waals surface area contributed by atoms with Gasteiger partial charge in [0.05, 0.1) is 16.8 Å². The van der Waals surface area contributed by atoms with Crippen molar-refractivity contribution in [2.24, 2.45) is 0 Å². The molecule has 0 saturated carbocycles. The number of nitrogens with zero attached hydrogens (tertiary/aromatic N) is 1. The Labute approximate surface area is 89.0 Å². The second-order valence-electron chi connectivity index (χ2n) is 4.99. The zero-order valence-corrected chi connectivity index (χ0v) is 9.82. The standard InChI is InChI=1S/C11H17NOS/c1-11(2,3)10-12-9-7(13)5-4-6-8(9)14-10/h7,13H,4-6H2,1-3H3. The van der Waals surface area contributed by atoms with Crippen LogP contribution in [-0.2, 0) is 11.8 Å². The van der Waals surface area contributed by atoms with E-state index in [2.05, 4.69) is 25.8 Å². The van der Waals surface area contributed by atoms with Gasteiger partial charge in [0.1, 0.15) is 0 Å². The summed E-state index contributed by atoms with van der Waals surface area (Å²) in [7, 11) is 0. The van der Waals surface area contributed by atoms with Crippen molar-refractivity contribution in [2.45, 2.75) is 51.6 Å². The molecule has 1 aromatic rings. The van der Waals surface area contributed by atoms with Crippen LogP contribution in [0.25, 0.3) is 0 Å². The molecule has 1 aliphatic carbocycles. The van der Waals surface area contributed by atoms with E-state index >= 15 is 0 Å². The highest BCUT2D eigenvalue weighted by Crippen LogP contribution is 2.37. The molecule has 78 valence electrons. The largest absolute Gasteiger partial charge is 0.387 e. The highest BCUT2D eigenvalue weighted by atomic mass is 32.1. The van der Waals surface area contributed by atoms with Crippen LogP contribution in [0.5, 0.6) is 0 Å². The first-order valence-electron chi connectivity index (χ1n) is 5.16. The lowest BCUT2D eigenvalue weighted by Crippen LogP contribution is -2.11. The van der Waals surface area contributed by atoms with Gasteiger partial charge < -0.3 is 5.11 Å². The van der Waals surface area contributed by atoms with Gasteiger partial charge in [-0.3, -0.25) is 0 Å². The van der Waals surface area contributed by atoms with Crippen LogP contribution in [0.15, 0.2) is 0 Å². The van der Waals surface area contributed by atoms with Gasteiger partial charge in [-0.2, -0.15) is 0 Å². The molecule has 2 rings (SSSR count). The SMILES string of the molecule is CC(C)(C)c1nc2c(s1)CCCC2O. The van der Waals surface area contributed by atoms with Crippen LogP contribution in [0.2, 0.25) is 0 Å². The number of hydrogen-bond acceptors (Lipinski definition) is 3. The normalized spacial score (nSPS) is 22.1. The molecule has 1 aromatic heterocycles. The minimum atomic E-state index is -0.314. The van der Waals surface area contributed by atoms with Crippen LogP contribution in [-0.4, -0.2) is 10.1 Å². The second kappa shape index (κ2) is 3.31. The zero-order valence-electron chi connectivity index (χ0n) is 9.00. The van der Waals surface area contributed by atoms with E-state index in [1.165, 1.54) is 4.88 Å². The molecular formula is C11H17NOS. The van der Waals surface area contributed by atoms with Crippen LogP contribution < -0.4 is 0 Å². The van der Waals surface area contributed by atoms with Gasteiger partial charge in [0.15, 0.2) is 0 Å². The van der Waals surface area contributed by atoms with Gasteiger partial charge in [-0.15, -0.1) is 11.3 Å². The van der Waals surface area contributed by atoms with Gasteiger partial charge in [0, 0.05) is 10.3 Å². The molecule has 1 atom stereocenters. The number of aryl methyl sites for hydroxylation is 1. The van der Waals surface area contributed by atoms with Crippen molar-refractivity contribution in [3.8, 4) is 0 Å². The molecule has 0 saturated heterocycles. The average molecular weight is 211 g/mol. The molecule has 2 nitrogen and oxygen atoms in total. The van der Waals surface area contributed by atoms with Crippen molar-refractivity contribution >= 4 is 11.3 Å². The van der Waals surface area contributed by atoms with Crippen molar-refractivity contribution in [1.82, 2.24) is 4.98 Å². The highest BCUT2D eigenvalue weighted by Gasteiger charge is 2.26. The number of fused-ring (bicyclic) bond motifs is 1. The maximum absolute atomic E-state index is 9.78. The second-order valence-corrected chi connectivity index (χ2v) is 6.07. The summed E-state index contributed by atoms with van der Waals surface area (Å²) in [6.45, 7) is 6.51. The summed E-state index contributed by atoms with van der Waals surface area (Å²) in [5, 5.41) is 10.9. The fraction of sp³-hybridized carbons (Fsp3) is 0.727. The lowest BCUT2D eigenvalue weighted by Gasteiger charge is -2.15. The van der Waals surface area contributed by atoms with Gasteiger partial charge in [0.25, 0.3) is 0 Å². The van der Waals surface area contributed by atoms with Crippen molar-refractivity contribution in [3.63, 3.8) is 0 Å². The Morgan fingerprint density at radius 2 is 2.14 bits per heavy atom. The Kier molecular flexibility index (Phi) is 2.40. The minimum absolute atomic E-state index is 0.113. The molecule has 1 N–H and O–H groups in total. The van der Waals surface area contributed by atoms with Gasteiger partial charge in [-0.1, -0.05) is 20.8 Å². The maximum atomic E-state index is 9.78. The molecule has 1 unspecified atom stereocenters. The third-order valence-electron chi connectivity index (χ3n) is 2.57. The van der Waals surface area contributed by atoms with Crippen molar-refractivity contribution in [2.75, 3.05) is 0 Å². The Balaban J connectivity index is 2.40. The van der Waals surface area contributed by atoms with E-state index in [1.54, 1.807) is 11.3 Å². The molecule has 3 heteroatoms. The Hall–Kier alpha value is -0.410. The lowest BCUT2D eigenvalue weighted by molar-refractivity contribution is 0.152. The first-order chi connectivity index (χ1) is 6.48. The number of aliphatic hydroxyl groups is 1. The monoisotopic (exact) mass is 211 g/mol. The number of aromatic nitrogens is 1. The minimum Gasteiger partial charge on any atom is -0.387 e. The molecule has 1 heterocycles. The smallest absolute Gasteiger partial charge is 0.0985 e. The van der Waals surface area contributed by atoms with Crippen LogP contribution in [0.3, 0.4) is 0 Å². The van der Waals surface area contributed by atoms with E-state index in [1.807, 2.05) is 0 Å². The van der Waals surface area contributed by atoms with Crippen LogP contribution >= 0.6 is 11.3 Å². The molecule has 1 aliphatic rings. The van der Waals surface area contributed by atoms with E-state index in [0.717, 1.165) is 30.0 Å². The Morgan fingerprint density at radius 3 is 2.71 bits per heavy atom. The van der Waals surface area contributed by atoms with E-state index < -0.39 is 0 Å². The molecule has 0 amide bonds. The van der Waals surface area contributed by atoms with Gasteiger partial charge in [-0.25, -0.2) is 4.98 Å². The predicted molar refractivity (Wildman–Crippen MR) is 58.7 cm³/mol. The van der Waals surface area contributed by atoms with Gasteiger partial charge >= 0.3 is 0 Å². The van der Waals surface area contributed by atoms with E-state index in [-0.39, 0.29) is 11.5 Å². The molecule has 0 radical (unpaired) electrons. The molecule has 14 heavy (non-hydrogen) atoms. The summed E-state index contributed by atoms with van der Waals surface area (Å²) >= 11 is 1.77. The Morgan fingerprint density at radius 1 is 1.43 bits per heavy atom. The Bertz CT molecular complexity index is 338. The predicted octanol–water partition coefficient (Wildman–Crippen LogP) is 2.81. The molecular weight excluding hydrogens is 194 g/mol. The average Bonchev–Trinajstić information content (AvgIpc) is 2.48. The maximum Gasteiger partial charge on any atom is 0.0985 e. The summed E-state index contributed by atoms with van der Waals surface area (Å²) in [4.78, 5) is 5.87. The van der Waals surface area contributed by atoms with Crippen molar-refractivity contribution < 1.29 is 5.11 Å². The number of aliphatic hydroxyl groups excluding tert-OH is 1. The van der Waals surface area contributed by atoms with Gasteiger partial charge in [-0.05, 0) is 19.3 Å². The third kappa shape index (κ3) is 1.71. The summed E-state index contributed by atoms with van der Waals surface area (Å²) in [6, 6.07) is 0. The summed E-state index contributed by atoms with van der Waals surface area (Å²) in [5.74, 6) is 0. The number of thiazole rings is 1. The first-order valence-corrected chi connectivity index (χ1v) is 5.98. The fourth-order valence-corrected chi connectivity index (χ4v) is 2.93. The molecule has 0 bridgehead atoms. The number of rotatable bonds is 0. The third-order valence-corrected chi connectivity index (χ3v) is 4.12. The zero-order chi connectivity index (χ0) is 10.3. The number of hydrogen-bond donors (Lipinski definition) is 1. The molecule has 0 aliphatic heterocycles. The van der Waals surface area contributed by atoms with Crippen molar-refractivity contribution in [1.29, 1.82) is 0 Å². The first kappa shape index (κ1) is 10.1. The van der Waals surface area contributed by atoms with Crippen LogP contribution in [0.4, 0.5) is 0 Å². The summed E-state index contributed by atoms with van der Waals surface area (Å²) < 4.78 is 0. The van der Waals surface area contributed by atoms with E-state index in [4.69, 9.17) is 0 Å². The topological polar surface area (TPSA) is 33.1 Å². The van der Waals surface area contributed by atoms with Crippen LogP contribution in [0.1, 0.15) is 55.3 Å². The summed E-state index contributed by atoms with van der Waals surface area (Å²) in [6.07, 6.45) is 2.76. The lowest BCUT2D eigenvalue weighted by atomic mass is 9.97. The fourth-order valence-electron chi connectivity index (χ4n) is 1.72. The molecule has 0 fully saturated rings. The van der Waals surface area contributed by atoms with Crippen molar-refractivity contribution in [3.05, 3.63) is 15.6 Å². The highest BCUT2D eigenvalue weighted by molar-refractivity contribution is 7.11. The van der Waals surface area contributed by atoms with E-state index in [0.29, 0.717) is 0 Å². The molecule has 0 spiro atoms. The quantitative estimate of drug-likeness (QED) is 0.716. The molecule has 0 aromatic carbocycles. The van der Waals surface area contributed by atoms with E-state index in [9.17, 15) is 5.11 Å². The van der Waals surface area contributed by atoms with Gasteiger partial charge in [0.2, 0.25) is 0 Å². The van der Waals surface area contributed by atoms with Crippen LogP contribution in [0, 0.1) is 0 Å².